The first-order chi connectivity index (χ1) is 7.77. The maximum atomic E-state index is 11.8. The van der Waals surface area contributed by atoms with Gasteiger partial charge in [-0.1, -0.05) is 18.2 Å². The number of fused-ring (bicyclic) bond motifs is 3. The van der Waals surface area contributed by atoms with E-state index in [1.165, 1.54) is 0 Å². The number of amides is 1. The summed E-state index contributed by atoms with van der Waals surface area (Å²) >= 11 is 0. The third-order valence-electron chi connectivity index (χ3n) is 2.75. The molecule has 0 aliphatic carbocycles. The van der Waals surface area contributed by atoms with E-state index in [1.807, 2.05) is 29.7 Å². The van der Waals surface area contributed by atoms with Gasteiger partial charge in [0, 0.05) is 5.56 Å². The first-order valence-electron chi connectivity index (χ1n) is 5.05. The summed E-state index contributed by atoms with van der Waals surface area (Å²) in [6, 6.07) is 7.42. The molecule has 0 saturated carbocycles. The quantitative estimate of drug-likeness (QED) is 0.710. The summed E-state index contributed by atoms with van der Waals surface area (Å²) in [6.07, 6.45) is 0. The zero-order chi connectivity index (χ0) is 11.1. The Morgan fingerprint density at radius 1 is 1.25 bits per heavy atom. The van der Waals surface area contributed by atoms with Gasteiger partial charge in [-0.3, -0.25) is 9.36 Å². The van der Waals surface area contributed by atoms with Crippen LogP contribution in [0.15, 0.2) is 24.3 Å². The van der Waals surface area contributed by atoms with Gasteiger partial charge in [0.15, 0.2) is 5.82 Å². The molecule has 80 valence electrons. The summed E-state index contributed by atoms with van der Waals surface area (Å²) in [5, 5.41) is 11.0. The molecule has 1 amide bonds. The Morgan fingerprint density at radius 2 is 2.00 bits per heavy atom. The molecule has 0 radical (unpaired) electrons. The van der Waals surface area contributed by atoms with Crippen molar-refractivity contribution < 1.29 is 4.79 Å². The summed E-state index contributed by atoms with van der Waals surface area (Å²) in [5.41, 5.74) is 1.48. The standard InChI is InChI=1S/C11H10N4O/c1-7-13-14-10-8-4-2-3-5-9(8)11(16)12-6-15(7)10/h2-5H,6H2,1H3,(H,12,16). The molecular weight excluding hydrogens is 204 g/mol. The van der Waals surface area contributed by atoms with Gasteiger partial charge in [-0.25, -0.2) is 0 Å². The smallest absolute Gasteiger partial charge is 0.253 e. The van der Waals surface area contributed by atoms with Crippen LogP contribution in [0, 0.1) is 6.92 Å². The van der Waals surface area contributed by atoms with Crippen molar-refractivity contribution in [2.75, 3.05) is 0 Å². The van der Waals surface area contributed by atoms with Gasteiger partial charge in [0.2, 0.25) is 0 Å². The number of benzene rings is 1. The lowest BCUT2D eigenvalue weighted by molar-refractivity contribution is 0.0945. The third-order valence-corrected chi connectivity index (χ3v) is 2.75. The highest BCUT2D eigenvalue weighted by molar-refractivity contribution is 6.00. The molecule has 0 bridgehead atoms. The first kappa shape index (κ1) is 9.08. The number of rotatable bonds is 0. The van der Waals surface area contributed by atoms with Crippen LogP contribution >= 0.6 is 0 Å². The maximum Gasteiger partial charge on any atom is 0.253 e. The molecule has 0 fully saturated rings. The molecule has 2 aromatic rings. The summed E-state index contributed by atoms with van der Waals surface area (Å²) in [4.78, 5) is 11.8. The Kier molecular flexibility index (Phi) is 1.80. The maximum absolute atomic E-state index is 11.8. The van der Waals surface area contributed by atoms with Gasteiger partial charge in [0.05, 0.1) is 12.2 Å². The molecule has 5 nitrogen and oxygen atoms in total. The molecule has 1 aromatic carbocycles. The summed E-state index contributed by atoms with van der Waals surface area (Å²) in [6.45, 7) is 2.29. The Labute approximate surface area is 92.1 Å². The second-order valence-corrected chi connectivity index (χ2v) is 3.71. The normalized spacial score (nSPS) is 13.7. The molecule has 5 heteroatoms. The number of hydrogen-bond donors (Lipinski definition) is 1. The zero-order valence-corrected chi connectivity index (χ0v) is 8.77. The van der Waals surface area contributed by atoms with Crippen LogP contribution in [0.5, 0.6) is 0 Å². The van der Waals surface area contributed by atoms with Gasteiger partial charge >= 0.3 is 0 Å². The topological polar surface area (TPSA) is 59.8 Å². The van der Waals surface area contributed by atoms with Crippen LogP contribution in [0.25, 0.3) is 11.4 Å². The average Bonchev–Trinajstić information content (AvgIpc) is 2.60. The molecular formula is C11H10N4O. The predicted octanol–water partition coefficient (Wildman–Crippen LogP) is 0.954. The van der Waals surface area contributed by atoms with Crippen LogP contribution in [-0.2, 0) is 6.67 Å². The van der Waals surface area contributed by atoms with Gasteiger partial charge in [0.25, 0.3) is 5.91 Å². The van der Waals surface area contributed by atoms with Crippen LogP contribution in [0.3, 0.4) is 0 Å². The second-order valence-electron chi connectivity index (χ2n) is 3.71. The van der Waals surface area contributed by atoms with Crippen molar-refractivity contribution in [3.8, 4) is 11.4 Å². The third kappa shape index (κ3) is 1.14. The van der Waals surface area contributed by atoms with Crippen molar-refractivity contribution in [3.63, 3.8) is 0 Å². The van der Waals surface area contributed by atoms with Crippen molar-refractivity contribution >= 4 is 5.91 Å². The lowest BCUT2D eigenvalue weighted by Crippen LogP contribution is -2.24. The number of carbonyl (C=O) groups excluding carboxylic acids is 1. The lowest BCUT2D eigenvalue weighted by Gasteiger charge is -2.03. The molecule has 0 unspecified atom stereocenters. The van der Waals surface area contributed by atoms with Crippen LogP contribution in [-0.4, -0.2) is 20.7 Å². The monoisotopic (exact) mass is 214 g/mol. The molecule has 1 aliphatic heterocycles. The number of hydrogen-bond acceptors (Lipinski definition) is 3. The highest BCUT2D eigenvalue weighted by atomic mass is 16.1. The molecule has 0 atom stereocenters. The molecule has 1 aromatic heterocycles. The van der Waals surface area contributed by atoms with Crippen LogP contribution < -0.4 is 5.32 Å². The van der Waals surface area contributed by atoms with Crippen LogP contribution in [0.1, 0.15) is 16.2 Å². The summed E-state index contributed by atoms with van der Waals surface area (Å²) < 4.78 is 1.89. The molecule has 1 N–H and O–H groups in total. The first-order valence-corrected chi connectivity index (χ1v) is 5.05. The van der Waals surface area contributed by atoms with Gasteiger partial charge < -0.3 is 5.32 Å². The number of aryl methyl sites for hydroxylation is 1. The van der Waals surface area contributed by atoms with Gasteiger partial charge in [-0.2, -0.15) is 0 Å². The van der Waals surface area contributed by atoms with E-state index in [0.717, 1.165) is 17.2 Å². The van der Waals surface area contributed by atoms with E-state index in [1.54, 1.807) is 6.07 Å². The summed E-state index contributed by atoms with van der Waals surface area (Å²) in [5.74, 6) is 1.47. The van der Waals surface area contributed by atoms with E-state index < -0.39 is 0 Å². The van der Waals surface area contributed by atoms with E-state index in [-0.39, 0.29) is 5.91 Å². The minimum Gasteiger partial charge on any atom is -0.334 e. The molecule has 1 aliphatic rings. The van der Waals surface area contributed by atoms with Crippen molar-refractivity contribution in [1.82, 2.24) is 20.1 Å². The van der Waals surface area contributed by atoms with E-state index in [0.29, 0.717) is 12.2 Å². The fraction of sp³-hybridized carbons (Fsp3) is 0.182. The minimum atomic E-state index is -0.0690. The summed E-state index contributed by atoms with van der Waals surface area (Å²) in [7, 11) is 0. The Morgan fingerprint density at radius 3 is 2.81 bits per heavy atom. The van der Waals surface area contributed by atoms with Crippen molar-refractivity contribution in [1.29, 1.82) is 0 Å². The number of nitrogens with one attached hydrogen (secondary N) is 1. The van der Waals surface area contributed by atoms with Crippen molar-refractivity contribution in [2.45, 2.75) is 13.6 Å². The van der Waals surface area contributed by atoms with Crippen molar-refractivity contribution in [2.24, 2.45) is 0 Å². The predicted molar refractivity (Wildman–Crippen MR) is 57.7 cm³/mol. The number of carbonyl (C=O) groups is 1. The average molecular weight is 214 g/mol. The Balaban J connectivity index is 2.32. The van der Waals surface area contributed by atoms with E-state index >= 15 is 0 Å². The fourth-order valence-corrected chi connectivity index (χ4v) is 1.89. The minimum absolute atomic E-state index is 0.0690. The van der Waals surface area contributed by atoms with Gasteiger partial charge in [0.1, 0.15) is 5.82 Å². The highest BCUT2D eigenvalue weighted by Gasteiger charge is 2.21. The SMILES string of the molecule is Cc1nnc2n1CNC(=O)c1ccccc1-2. The molecule has 3 rings (SSSR count). The molecule has 2 heterocycles. The number of nitrogens with zero attached hydrogens (tertiary/aromatic N) is 3. The lowest BCUT2D eigenvalue weighted by atomic mass is 10.1. The van der Waals surface area contributed by atoms with Crippen LogP contribution in [0.2, 0.25) is 0 Å². The largest absolute Gasteiger partial charge is 0.334 e. The van der Waals surface area contributed by atoms with E-state index in [9.17, 15) is 4.79 Å². The number of aromatic nitrogens is 3. The molecule has 0 spiro atoms. The Hall–Kier alpha value is -2.17. The zero-order valence-electron chi connectivity index (χ0n) is 8.77. The van der Waals surface area contributed by atoms with E-state index in [4.69, 9.17) is 0 Å². The second kappa shape index (κ2) is 3.16. The van der Waals surface area contributed by atoms with Crippen molar-refractivity contribution in [3.05, 3.63) is 35.7 Å². The van der Waals surface area contributed by atoms with Crippen LogP contribution in [0.4, 0.5) is 0 Å². The van der Waals surface area contributed by atoms with Gasteiger partial charge in [-0.15, -0.1) is 10.2 Å². The molecule has 16 heavy (non-hydrogen) atoms. The molecule has 0 saturated heterocycles. The Bertz CT molecular complexity index is 573. The highest BCUT2D eigenvalue weighted by Crippen LogP contribution is 2.24. The van der Waals surface area contributed by atoms with E-state index in [2.05, 4.69) is 15.5 Å². The van der Waals surface area contributed by atoms with Gasteiger partial charge in [-0.05, 0) is 13.0 Å². The fourth-order valence-electron chi connectivity index (χ4n) is 1.89.